The lowest BCUT2D eigenvalue weighted by Crippen LogP contribution is -2.30. The van der Waals surface area contributed by atoms with E-state index in [4.69, 9.17) is 17.0 Å². The maximum absolute atomic E-state index is 5.74. The number of benzene rings is 2. The van der Waals surface area contributed by atoms with Crippen molar-refractivity contribution in [3.8, 4) is 5.75 Å². The molecule has 0 fully saturated rings. The van der Waals surface area contributed by atoms with Crippen molar-refractivity contribution in [2.45, 2.75) is 6.42 Å². The molecule has 5 heteroatoms. The van der Waals surface area contributed by atoms with E-state index in [1.54, 1.807) is 7.05 Å². The zero-order valence-corrected chi connectivity index (χ0v) is 12.0. The van der Waals surface area contributed by atoms with Crippen LogP contribution in [-0.2, 0) is 0 Å². The van der Waals surface area contributed by atoms with Crippen LogP contribution in [0.1, 0.15) is 12.0 Å². The summed E-state index contributed by atoms with van der Waals surface area (Å²) in [5, 5.41) is 10.1. The van der Waals surface area contributed by atoms with Gasteiger partial charge in [-0.05, 0) is 29.1 Å². The summed E-state index contributed by atoms with van der Waals surface area (Å²) in [7, 11) is 1.77. The quantitative estimate of drug-likeness (QED) is 0.624. The van der Waals surface area contributed by atoms with Gasteiger partial charge in [0.25, 0.3) is 0 Å². The van der Waals surface area contributed by atoms with E-state index in [2.05, 4.69) is 34.0 Å². The van der Waals surface area contributed by atoms with E-state index in [-0.39, 0.29) is 0 Å². The number of hydrogen-bond donors (Lipinski definition) is 2. The second-order valence-corrected chi connectivity index (χ2v) is 4.92. The summed E-state index contributed by atoms with van der Waals surface area (Å²) in [6.07, 6.45) is 0.764. The molecule has 2 aromatic rings. The summed E-state index contributed by atoms with van der Waals surface area (Å²) >= 11 is 5.06. The van der Waals surface area contributed by atoms with Crippen molar-refractivity contribution in [3.05, 3.63) is 42.0 Å². The van der Waals surface area contributed by atoms with Gasteiger partial charge in [0.2, 0.25) is 0 Å². The van der Waals surface area contributed by atoms with Crippen molar-refractivity contribution in [1.29, 1.82) is 0 Å². The topological polar surface area (TPSA) is 45.7 Å². The maximum atomic E-state index is 5.74. The van der Waals surface area contributed by atoms with Crippen LogP contribution in [0.5, 0.6) is 5.75 Å². The van der Waals surface area contributed by atoms with E-state index < -0.39 is 0 Å². The fourth-order valence-corrected chi connectivity index (χ4v) is 2.38. The van der Waals surface area contributed by atoms with Gasteiger partial charge in [0.1, 0.15) is 5.75 Å². The van der Waals surface area contributed by atoms with Crippen LogP contribution >= 0.6 is 12.2 Å². The van der Waals surface area contributed by atoms with Crippen molar-refractivity contribution < 1.29 is 4.74 Å². The second-order valence-electron chi connectivity index (χ2n) is 4.51. The largest absolute Gasteiger partial charge is 0.492 e. The summed E-state index contributed by atoms with van der Waals surface area (Å²) in [5.74, 6) is 0.880. The third-order valence-electron chi connectivity index (χ3n) is 3.30. The molecule has 0 aliphatic carbocycles. The molecule has 2 N–H and O–H groups in total. The van der Waals surface area contributed by atoms with Crippen LogP contribution in [0.25, 0.3) is 10.8 Å². The third-order valence-corrected chi connectivity index (χ3v) is 3.59. The second kappa shape index (κ2) is 5.46. The Kier molecular flexibility index (Phi) is 3.52. The maximum Gasteiger partial charge on any atom is 0.186 e. The van der Waals surface area contributed by atoms with Gasteiger partial charge in [0.05, 0.1) is 12.3 Å². The molecule has 102 valence electrons. The number of hydrazone groups is 1. The van der Waals surface area contributed by atoms with Gasteiger partial charge in [-0.1, -0.05) is 30.3 Å². The molecule has 0 amide bonds. The van der Waals surface area contributed by atoms with Gasteiger partial charge in [-0.3, -0.25) is 5.43 Å². The van der Waals surface area contributed by atoms with Crippen LogP contribution in [0.15, 0.2) is 41.5 Å². The minimum atomic E-state index is 0.505. The minimum absolute atomic E-state index is 0.505. The van der Waals surface area contributed by atoms with Crippen molar-refractivity contribution in [1.82, 2.24) is 10.7 Å². The first-order valence-electron chi connectivity index (χ1n) is 6.49. The molecular weight excluding hydrogens is 270 g/mol. The minimum Gasteiger partial charge on any atom is -0.492 e. The van der Waals surface area contributed by atoms with Gasteiger partial charge < -0.3 is 10.1 Å². The van der Waals surface area contributed by atoms with Crippen LogP contribution in [0.2, 0.25) is 0 Å². The summed E-state index contributed by atoms with van der Waals surface area (Å²) in [5.41, 5.74) is 4.89. The van der Waals surface area contributed by atoms with Crippen LogP contribution in [0.3, 0.4) is 0 Å². The van der Waals surface area contributed by atoms with Crippen molar-refractivity contribution >= 4 is 33.8 Å². The molecule has 3 rings (SSSR count). The average molecular weight is 285 g/mol. The molecule has 0 atom stereocenters. The standard InChI is InChI=1S/C15H15N3OS/c1-16-15(20)18-17-12-8-9-19-13-7-6-10-4-2-3-5-11(10)14(12)13/h2-7H,8-9H2,1H3,(H2,16,18,20)/b17-12-. The summed E-state index contributed by atoms with van der Waals surface area (Å²) in [6.45, 7) is 0.637. The highest BCUT2D eigenvalue weighted by Gasteiger charge is 2.19. The number of nitrogens with zero attached hydrogens (tertiary/aromatic N) is 1. The van der Waals surface area contributed by atoms with Crippen molar-refractivity contribution in [2.24, 2.45) is 5.10 Å². The Morgan fingerprint density at radius 3 is 2.95 bits per heavy atom. The Morgan fingerprint density at radius 2 is 2.10 bits per heavy atom. The Balaban J connectivity index is 2.10. The molecule has 1 heterocycles. The zero-order valence-electron chi connectivity index (χ0n) is 11.1. The van der Waals surface area contributed by atoms with Gasteiger partial charge in [-0.25, -0.2) is 0 Å². The molecular formula is C15H15N3OS. The van der Waals surface area contributed by atoms with Crippen molar-refractivity contribution in [2.75, 3.05) is 13.7 Å². The van der Waals surface area contributed by atoms with Gasteiger partial charge in [0.15, 0.2) is 5.11 Å². The number of rotatable bonds is 1. The first-order chi connectivity index (χ1) is 9.79. The highest BCUT2D eigenvalue weighted by atomic mass is 32.1. The molecule has 0 spiro atoms. The number of fused-ring (bicyclic) bond motifs is 3. The van der Waals surface area contributed by atoms with Crippen LogP contribution < -0.4 is 15.5 Å². The number of thiocarbonyl (C=S) groups is 1. The molecule has 2 aromatic carbocycles. The Labute approximate surface area is 122 Å². The summed E-state index contributed by atoms with van der Waals surface area (Å²) < 4.78 is 5.74. The van der Waals surface area contributed by atoms with Crippen LogP contribution in [-0.4, -0.2) is 24.5 Å². The monoisotopic (exact) mass is 285 g/mol. The molecule has 1 aliphatic rings. The fraction of sp³-hybridized carbons (Fsp3) is 0.200. The van der Waals surface area contributed by atoms with Gasteiger partial charge in [0, 0.05) is 19.0 Å². The Hall–Kier alpha value is -2.14. The van der Waals surface area contributed by atoms with E-state index >= 15 is 0 Å². The molecule has 0 bridgehead atoms. The third kappa shape index (κ3) is 2.32. The van der Waals surface area contributed by atoms with Crippen LogP contribution in [0, 0.1) is 0 Å². The highest BCUT2D eigenvalue weighted by molar-refractivity contribution is 7.80. The molecule has 0 saturated heterocycles. The van der Waals surface area contributed by atoms with E-state index in [0.717, 1.165) is 28.8 Å². The normalized spacial score (nSPS) is 15.6. The average Bonchev–Trinajstić information content (AvgIpc) is 2.52. The number of ether oxygens (including phenoxy) is 1. The van der Waals surface area contributed by atoms with E-state index in [1.807, 2.05) is 18.2 Å². The van der Waals surface area contributed by atoms with E-state index in [0.29, 0.717) is 11.7 Å². The molecule has 20 heavy (non-hydrogen) atoms. The van der Waals surface area contributed by atoms with Gasteiger partial charge in [-0.2, -0.15) is 5.10 Å². The summed E-state index contributed by atoms with van der Waals surface area (Å²) in [4.78, 5) is 0. The van der Waals surface area contributed by atoms with Crippen LogP contribution in [0.4, 0.5) is 0 Å². The fourth-order valence-electron chi connectivity index (χ4n) is 2.34. The predicted molar refractivity (Wildman–Crippen MR) is 85.4 cm³/mol. The predicted octanol–water partition coefficient (Wildman–Crippen LogP) is 2.42. The molecule has 0 unspecified atom stereocenters. The SMILES string of the molecule is CNC(=S)N/N=C1/CCOc2ccc3ccccc3c21. The molecule has 0 saturated carbocycles. The lowest BCUT2D eigenvalue weighted by molar-refractivity contribution is 0.321. The lowest BCUT2D eigenvalue weighted by Gasteiger charge is -2.21. The summed E-state index contributed by atoms with van der Waals surface area (Å²) in [6, 6.07) is 12.3. The lowest BCUT2D eigenvalue weighted by atomic mass is 9.97. The van der Waals surface area contributed by atoms with E-state index in [1.165, 1.54) is 5.39 Å². The number of hydrogen-bond acceptors (Lipinski definition) is 3. The highest BCUT2D eigenvalue weighted by Crippen LogP contribution is 2.32. The molecule has 1 aliphatic heterocycles. The van der Waals surface area contributed by atoms with E-state index in [9.17, 15) is 0 Å². The Bertz CT molecular complexity index is 697. The molecule has 4 nitrogen and oxygen atoms in total. The molecule has 0 radical (unpaired) electrons. The first kappa shape index (κ1) is 12.9. The number of nitrogens with one attached hydrogen (secondary N) is 2. The van der Waals surface area contributed by atoms with Gasteiger partial charge >= 0.3 is 0 Å². The van der Waals surface area contributed by atoms with Crippen molar-refractivity contribution in [3.63, 3.8) is 0 Å². The Morgan fingerprint density at radius 1 is 1.25 bits per heavy atom. The smallest absolute Gasteiger partial charge is 0.186 e. The first-order valence-corrected chi connectivity index (χ1v) is 6.89. The van der Waals surface area contributed by atoms with Gasteiger partial charge in [-0.15, -0.1) is 0 Å². The molecule has 0 aromatic heterocycles. The zero-order chi connectivity index (χ0) is 13.9.